The monoisotopic (exact) mass is 836 g/mol. The summed E-state index contributed by atoms with van der Waals surface area (Å²) in [6.45, 7) is 24.0. The largest absolute Gasteiger partial charge is 0.455 e. The Kier molecular flexibility index (Phi) is 9.08. The molecule has 0 fully saturated rings. The maximum absolute atomic E-state index is 7.01. The van der Waals surface area contributed by atoms with Crippen LogP contribution in [0.4, 0.5) is 28.4 Å². The average Bonchev–Trinajstić information content (AvgIpc) is 3.65. The van der Waals surface area contributed by atoms with Crippen LogP contribution in [-0.2, 0) is 21.7 Å². The van der Waals surface area contributed by atoms with E-state index in [-0.39, 0.29) is 21.7 Å². The number of rotatable bonds is 5. The third kappa shape index (κ3) is 6.46. The molecule has 0 spiro atoms. The SMILES string of the molecule is Cc1cc(-c2c(Nc3ccc4c(c3)C(C)(C)CCC4(C)C)ccc3c2oc2ccccc23)c2c(c1)N(c1cc3c(cc1C)C(C)(C)CCC3(C)C)c1cc(-c3ccccc3)ccc1B2. The van der Waals surface area contributed by atoms with Gasteiger partial charge in [-0.15, -0.1) is 0 Å². The van der Waals surface area contributed by atoms with Gasteiger partial charge in [0.25, 0.3) is 0 Å². The molecule has 64 heavy (non-hydrogen) atoms. The molecule has 1 N–H and O–H groups in total. The highest BCUT2D eigenvalue weighted by Gasteiger charge is 2.40. The maximum Gasteiger partial charge on any atom is 0.198 e. The zero-order chi connectivity index (χ0) is 44.5. The van der Waals surface area contributed by atoms with Gasteiger partial charge in [-0.1, -0.05) is 140 Å². The molecule has 2 aliphatic carbocycles. The van der Waals surface area contributed by atoms with Gasteiger partial charge in [0.2, 0.25) is 0 Å². The molecule has 0 unspecified atom stereocenters. The van der Waals surface area contributed by atoms with Crippen molar-refractivity contribution in [2.24, 2.45) is 0 Å². The molecule has 2 heterocycles. The molecule has 1 aromatic heterocycles. The topological polar surface area (TPSA) is 28.4 Å². The van der Waals surface area contributed by atoms with Crippen molar-refractivity contribution in [1.29, 1.82) is 0 Å². The second-order valence-electron chi connectivity index (χ2n) is 22.1. The van der Waals surface area contributed by atoms with Crippen LogP contribution in [0.1, 0.15) is 114 Å². The lowest BCUT2D eigenvalue weighted by atomic mass is 9.57. The van der Waals surface area contributed by atoms with Crippen LogP contribution in [0, 0.1) is 13.8 Å². The highest BCUT2D eigenvalue weighted by molar-refractivity contribution is 6.73. The first-order chi connectivity index (χ1) is 30.5. The van der Waals surface area contributed by atoms with Gasteiger partial charge in [0.05, 0.1) is 5.69 Å². The molecule has 0 bridgehead atoms. The number of benzene rings is 7. The molecular formula is C60H61BN2O. The molecule has 3 aliphatic rings. The second-order valence-corrected chi connectivity index (χ2v) is 22.1. The minimum absolute atomic E-state index is 0.0670. The third-order valence-corrected chi connectivity index (χ3v) is 15.8. The molecule has 0 amide bonds. The first-order valence-corrected chi connectivity index (χ1v) is 23.6. The summed E-state index contributed by atoms with van der Waals surface area (Å²) in [5, 5.41) is 6.30. The molecule has 4 heteroatoms. The van der Waals surface area contributed by atoms with E-state index in [1.54, 1.807) is 0 Å². The molecule has 1 aliphatic heterocycles. The lowest BCUT2D eigenvalue weighted by molar-refractivity contribution is 0.332. The van der Waals surface area contributed by atoms with E-state index in [1.165, 1.54) is 104 Å². The highest BCUT2D eigenvalue weighted by Crippen LogP contribution is 2.52. The first-order valence-electron chi connectivity index (χ1n) is 23.6. The van der Waals surface area contributed by atoms with Gasteiger partial charge in [0.1, 0.15) is 11.2 Å². The van der Waals surface area contributed by atoms with Crippen LogP contribution in [0.2, 0.25) is 0 Å². The van der Waals surface area contributed by atoms with Crippen LogP contribution in [-0.4, -0.2) is 7.28 Å². The molecule has 3 nitrogen and oxygen atoms in total. The van der Waals surface area contributed by atoms with Gasteiger partial charge in [-0.25, -0.2) is 0 Å². The van der Waals surface area contributed by atoms with Crippen LogP contribution in [0.3, 0.4) is 0 Å². The molecule has 320 valence electrons. The Balaban J connectivity index is 1.17. The van der Waals surface area contributed by atoms with Crippen LogP contribution in [0.25, 0.3) is 44.2 Å². The molecule has 0 saturated carbocycles. The zero-order valence-corrected chi connectivity index (χ0v) is 39.5. The molecule has 0 radical (unpaired) electrons. The molecule has 0 saturated heterocycles. The summed E-state index contributed by atoms with van der Waals surface area (Å²) < 4.78 is 7.01. The van der Waals surface area contributed by atoms with E-state index in [9.17, 15) is 0 Å². The predicted octanol–water partition coefficient (Wildman–Crippen LogP) is 15.1. The number of nitrogens with one attached hydrogen (secondary N) is 1. The van der Waals surface area contributed by atoms with E-state index >= 15 is 0 Å². The van der Waals surface area contributed by atoms with Gasteiger partial charge in [-0.05, 0) is 165 Å². The van der Waals surface area contributed by atoms with E-state index < -0.39 is 0 Å². The Labute approximate surface area is 381 Å². The van der Waals surface area contributed by atoms with Crippen molar-refractivity contribution in [2.45, 2.75) is 117 Å². The maximum atomic E-state index is 7.01. The van der Waals surface area contributed by atoms with Crippen LogP contribution in [0.15, 0.2) is 132 Å². The van der Waals surface area contributed by atoms with Crippen molar-refractivity contribution >= 4 is 68.6 Å². The fraction of sp³-hybridized carbons (Fsp3) is 0.300. The Morgan fingerprint density at radius 3 is 1.92 bits per heavy atom. The van der Waals surface area contributed by atoms with Crippen molar-refractivity contribution < 1.29 is 4.42 Å². The van der Waals surface area contributed by atoms with E-state index in [2.05, 4.69) is 207 Å². The number of fused-ring (bicyclic) bond motifs is 7. The summed E-state index contributed by atoms with van der Waals surface area (Å²) in [6, 6.07) is 48.1. The van der Waals surface area contributed by atoms with E-state index in [1.807, 2.05) is 0 Å². The second kappa shape index (κ2) is 14.3. The molecular weight excluding hydrogens is 775 g/mol. The number of hydrogen-bond acceptors (Lipinski definition) is 3. The van der Waals surface area contributed by atoms with Gasteiger partial charge in [-0.3, -0.25) is 0 Å². The fourth-order valence-corrected chi connectivity index (χ4v) is 11.7. The summed E-state index contributed by atoms with van der Waals surface area (Å²) >= 11 is 0. The van der Waals surface area contributed by atoms with Crippen LogP contribution in [0.5, 0.6) is 0 Å². The number of para-hydroxylation sites is 1. The quantitative estimate of drug-likeness (QED) is 0.175. The van der Waals surface area contributed by atoms with Crippen molar-refractivity contribution in [2.75, 3.05) is 10.2 Å². The van der Waals surface area contributed by atoms with Crippen molar-refractivity contribution in [3.63, 3.8) is 0 Å². The minimum Gasteiger partial charge on any atom is -0.455 e. The number of hydrogen-bond donors (Lipinski definition) is 1. The molecule has 7 aromatic carbocycles. The molecule has 11 rings (SSSR count). The van der Waals surface area contributed by atoms with Crippen molar-refractivity contribution in [3.05, 3.63) is 161 Å². The molecule has 8 aromatic rings. The van der Waals surface area contributed by atoms with Crippen LogP contribution >= 0.6 is 0 Å². The van der Waals surface area contributed by atoms with E-state index in [0.29, 0.717) is 0 Å². The van der Waals surface area contributed by atoms with Gasteiger partial charge < -0.3 is 14.6 Å². The lowest BCUT2D eigenvalue weighted by Gasteiger charge is -2.44. The third-order valence-electron chi connectivity index (χ3n) is 15.8. The summed E-state index contributed by atoms with van der Waals surface area (Å²) in [5.74, 6) is 0. The van der Waals surface area contributed by atoms with Crippen LogP contribution < -0.4 is 21.1 Å². The number of anilines is 5. The zero-order valence-electron chi connectivity index (χ0n) is 39.5. The molecule has 0 atom stereocenters. The van der Waals surface area contributed by atoms with Crippen molar-refractivity contribution in [1.82, 2.24) is 0 Å². The summed E-state index contributed by atoms with van der Waals surface area (Å²) in [6.07, 6.45) is 4.72. The lowest BCUT2D eigenvalue weighted by Crippen LogP contribution is -2.41. The van der Waals surface area contributed by atoms with E-state index in [4.69, 9.17) is 4.42 Å². The Bertz CT molecular complexity index is 3200. The summed E-state index contributed by atoms with van der Waals surface area (Å²) in [5.41, 5.74) is 24.0. The smallest absolute Gasteiger partial charge is 0.198 e. The van der Waals surface area contributed by atoms with Crippen molar-refractivity contribution in [3.8, 4) is 22.3 Å². The average molecular weight is 837 g/mol. The number of furan rings is 1. The Morgan fingerprint density at radius 2 is 1.19 bits per heavy atom. The van der Waals surface area contributed by atoms with Gasteiger partial charge in [0.15, 0.2) is 7.28 Å². The first kappa shape index (κ1) is 40.8. The Morgan fingerprint density at radius 1 is 0.531 bits per heavy atom. The summed E-state index contributed by atoms with van der Waals surface area (Å²) in [4.78, 5) is 2.61. The van der Waals surface area contributed by atoms with Gasteiger partial charge in [0, 0.05) is 39.1 Å². The number of aryl methyl sites for hydroxylation is 2. The van der Waals surface area contributed by atoms with Gasteiger partial charge >= 0.3 is 0 Å². The van der Waals surface area contributed by atoms with Gasteiger partial charge in [-0.2, -0.15) is 0 Å². The fourth-order valence-electron chi connectivity index (χ4n) is 11.7. The van der Waals surface area contributed by atoms with E-state index in [0.717, 1.165) is 46.2 Å². The minimum atomic E-state index is 0.0670. The summed E-state index contributed by atoms with van der Waals surface area (Å²) in [7, 11) is 0.798. The highest BCUT2D eigenvalue weighted by atomic mass is 16.3. The normalized spacial score (nSPS) is 17.6. The predicted molar refractivity (Wildman–Crippen MR) is 275 cm³/mol. The number of nitrogens with zero attached hydrogens (tertiary/aromatic N) is 1. The Hall–Kier alpha value is -6.00. The standard InChI is InChI=1S/C60H61BN2O/c1-36-30-43(54-49(25-22-42-41-18-14-15-19-53(41)64-56(42)54)62-40-21-23-44-46(34-40)59(7,8)27-26-57(44,3)4)55-52(31-36)63(51-33-39(20-24-48(51)61-55)38-16-12-11-13-17-38)50-35-47-45(32-37(50)2)58(5,6)28-29-60(47,9)10/h11-25,30-35,61-62H,26-29H2,1-10H3.